The van der Waals surface area contributed by atoms with Crippen LogP contribution in [0.3, 0.4) is 0 Å². The number of likely N-dealkylation sites (tertiary alicyclic amines) is 1. The Morgan fingerprint density at radius 2 is 1.73 bits per heavy atom. The molecule has 1 aliphatic carbocycles. The van der Waals surface area contributed by atoms with Crippen LogP contribution in [0.1, 0.15) is 69.4 Å². The smallest absolute Gasteiger partial charge is 0.303 e. The van der Waals surface area contributed by atoms with Gasteiger partial charge in [-0.2, -0.15) is 0 Å². The van der Waals surface area contributed by atoms with Crippen molar-refractivity contribution in [3.63, 3.8) is 0 Å². The van der Waals surface area contributed by atoms with Crippen molar-refractivity contribution in [1.82, 2.24) is 10.2 Å². The number of benzene rings is 2. The van der Waals surface area contributed by atoms with Crippen molar-refractivity contribution >= 4 is 11.9 Å². The maximum absolute atomic E-state index is 11.4. The zero-order valence-corrected chi connectivity index (χ0v) is 23.7. The van der Waals surface area contributed by atoms with Crippen LogP contribution in [0.15, 0.2) is 60.7 Å². The molecule has 2 aliphatic rings. The molecular weight excluding hydrogens is 504 g/mol. The van der Waals surface area contributed by atoms with E-state index in [4.69, 9.17) is 14.6 Å². The van der Waals surface area contributed by atoms with Gasteiger partial charge in [0.2, 0.25) is 5.91 Å². The Morgan fingerprint density at radius 3 is 2.45 bits per heavy atom. The highest BCUT2D eigenvalue weighted by Gasteiger charge is 2.40. The summed E-state index contributed by atoms with van der Waals surface area (Å²) in [7, 11) is 0. The molecule has 2 N–H and O–H groups in total. The van der Waals surface area contributed by atoms with E-state index >= 15 is 0 Å². The Morgan fingerprint density at radius 1 is 0.975 bits per heavy atom. The van der Waals surface area contributed by atoms with Crippen molar-refractivity contribution in [2.24, 2.45) is 0 Å². The van der Waals surface area contributed by atoms with Gasteiger partial charge in [-0.25, -0.2) is 0 Å². The molecule has 1 amide bonds. The quantitative estimate of drug-likeness (QED) is 0.311. The van der Waals surface area contributed by atoms with Gasteiger partial charge < -0.3 is 19.9 Å². The van der Waals surface area contributed by atoms with Gasteiger partial charge in [0.05, 0.1) is 25.4 Å². The zero-order valence-electron chi connectivity index (χ0n) is 23.7. The van der Waals surface area contributed by atoms with Crippen molar-refractivity contribution in [1.29, 1.82) is 0 Å². The van der Waals surface area contributed by atoms with Gasteiger partial charge in [0.25, 0.3) is 0 Å². The number of ether oxygens (including phenoxy) is 2. The van der Waals surface area contributed by atoms with Gasteiger partial charge in [0.15, 0.2) is 0 Å². The molecule has 0 unspecified atom stereocenters. The number of aliphatic carboxylic acids is 1. The average Bonchev–Trinajstić information content (AvgIpc) is 3.15. The standard InChI is InChI=1S/C33H44N2O5/c1-25(36)34-23-28-11-6-7-12-29(28)27-16-14-26(15-17-27)24-40-31-19-18-30(35-20-8-2-3-9-21-35)33(31)39-22-10-4-5-13-32(37)38/h4,6-7,10-12,14-17,30-31,33H,2-3,5,8-9,13,18-24H2,1H3,(H,34,36)(H,37,38)/b10-4-/t30-,31+,33+/m0/s1. The number of allylic oxidation sites excluding steroid dienone is 1. The third-order valence-corrected chi connectivity index (χ3v) is 7.95. The van der Waals surface area contributed by atoms with Crippen LogP contribution in [0.5, 0.6) is 0 Å². The Hall–Kier alpha value is -3.00. The molecule has 4 rings (SSSR count). The van der Waals surface area contributed by atoms with E-state index in [-0.39, 0.29) is 24.5 Å². The first-order valence-electron chi connectivity index (χ1n) is 14.8. The van der Waals surface area contributed by atoms with E-state index in [1.54, 1.807) is 0 Å². The number of nitrogens with zero attached hydrogens (tertiary/aromatic N) is 1. The van der Waals surface area contributed by atoms with Gasteiger partial charge in [-0.05, 0) is 67.4 Å². The summed E-state index contributed by atoms with van der Waals surface area (Å²) >= 11 is 0. The molecule has 1 heterocycles. The molecule has 1 saturated carbocycles. The van der Waals surface area contributed by atoms with Crippen LogP contribution in [0.2, 0.25) is 0 Å². The molecule has 0 radical (unpaired) electrons. The molecule has 2 aromatic carbocycles. The highest BCUT2D eigenvalue weighted by Crippen LogP contribution is 2.32. The summed E-state index contributed by atoms with van der Waals surface area (Å²) < 4.78 is 12.9. The second-order valence-electron chi connectivity index (χ2n) is 10.9. The van der Waals surface area contributed by atoms with Gasteiger partial charge in [0.1, 0.15) is 0 Å². The fourth-order valence-electron chi connectivity index (χ4n) is 5.84. The summed E-state index contributed by atoms with van der Waals surface area (Å²) in [6, 6.07) is 17.0. The number of carbonyl (C=O) groups is 2. The number of rotatable bonds is 13. The Balaban J connectivity index is 1.37. The second kappa shape index (κ2) is 15.7. The van der Waals surface area contributed by atoms with Crippen LogP contribution in [-0.4, -0.2) is 59.8 Å². The van der Waals surface area contributed by atoms with Crippen LogP contribution in [0, 0.1) is 0 Å². The van der Waals surface area contributed by atoms with E-state index in [1.165, 1.54) is 32.6 Å². The molecule has 0 bridgehead atoms. The maximum atomic E-state index is 11.4. The molecule has 0 spiro atoms. The van der Waals surface area contributed by atoms with E-state index in [9.17, 15) is 9.59 Å². The van der Waals surface area contributed by atoms with Crippen molar-refractivity contribution < 1.29 is 24.2 Å². The SMILES string of the molecule is CC(=O)NCc1ccccc1-c1ccc(CO[C@@H]2CC[C@H](N3CCCCCC3)[C@H]2OC/C=C\CCC(=O)O)cc1. The van der Waals surface area contributed by atoms with E-state index in [0.717, 1.165) is 48.2 Å². The molecule has 2 fully saturated rings. The fourth-order valence-corrected chi connectivity index (χ4v) is 5.84. The lowest BCUT2D eigenvalue weighted by Crippen LogP contribution is -2.45. The fraction of sp³-hybridized carbons (Fsp3) is 0.515. The summed E-state index contributed by atoms with van der Waals surface area (Å²) in [4.78, 5) is 24.8. The van der Waals surface area contributed by atoms with Gasteiger partial charge in [-0.3, -0.25) is 14.5 Å². The maximum Gasteiger partial charge on any atom is 0.303 e. The van der Waals surface area contributed by atoms with Crippen molar-refractivity contribution in [2.45, 2.75) is 89.7 Å². The van der Waals surface area contributed by atoms with E-state index in [0.29, 0.717) is 32.2 Å². The Labute approximate surface area is 238 Å². The van der Waals surface area contributed by atoms with Crippen molar-refractivity contribution in [3.8, 4) is 11.1 Å². The number of hydrogen-bond donors (Lipinski definition) is 2. The second-order valence-corrected chi connectivity index (χ2v) is 10.9. The minimum Gasteiger partial charge on any atom is -0.481 e. The van der Waals surface area contributed by atoms with Crippen LogP contribution >= 0.6 is 0 Å². The van der Waals surface area contributed by atoms with Gasteiger partial charge in [0, 0.05) is 25.9 Å². The highest BCUT2D eigenvalue weighted by molar-refractivity contribution is 5.74. The number of nitrogens with one attached hydrogen (secondary N) is 1. The molecule has 3 atom stereocenters. The van der Waals surface area contributed by atoms with Crippen molar-refractivity contribution in [3.05, 3.63) is 71.8 Å². The lowest BCUT2D eigenvalue weighted by Gasteiger charge is -2.33. The first-order valence-corrected chi connectivity index (χ1v) is 14.8. The molecule has 7 nitrogen and oxygen atoms in total. The molecule has 1 saturated heterocycles. The van der Waals surface area contributed by atoms with E-state index in [1.807, 2.05) is 30.4 Å². The Kier molecular flexibility index (Phi) is 11.8. The predicted octanol–water partition coefficient (Wildman–Crippen LogP) is 5.72. The molecule has 1 aliphatic heterocycles. The summed E-state index contributed by atoms with van der Waals surface area (Å²) in [6.07, 6.45) is 11.7. The van der Waals surface area contributed by atoms with E-state index in [2.05, 4.69) is 40.5 Å². The van der Waals surface area contributed by atoms with Gasteiger partial charge in [-0.15, -0.1) is 0 Å². The lowest BCUT2D eigenvalue weighted by atomic mass is 9.98. The molecule has 7 heteroatoms. The third kappa shape index (κ3) is 9.01. The highest BCUT2D eigenvalue weighted by atomic mass is 16.5. The van der Waals surface area contributed by atoms with Gasteiger partial charge >= 0.3 is 5.97 Å². The first kappa shape index (κ1) is 30.0. The predicted molar refractivity (Wildman–Crippen MR) is 157 cm³/mol. The largest absolute Gasteiger partial charge is 0.481 e. The average molecular weight is 549 g/mol. The number of carboxylic acid groups (broad SMARTS) is 1. The first-order chi connectivity index (χ1) is 19.5. The summed E-state index contributed by atoms with van der Waals surface area (Å²) in [6.45, 7) is 5.28. The normalized spacial score (nSPS) is 21.9. The monoisotopic (exact) mass is 548 g/mol. The minimum absolute atomic E-state index is 0.00199. The van der Waals surface area contributed by atoms with Crippen LogP contribution in [0.4, 0.5) is 0 Å². The van der Waals surface area contributed by atoms with Crippen LogP contribution in [0.25, 0.3) is 11.1 Å². The molecular formula is C33H44N2O5. The topological polar surface area (TPSA) is 88.1 Å². The number of hydrogen-bond acceptors (Lipinski definition) is 5. The lowest BCUT2D eigenvalue weighted by molar-refractivity contribution is -0.136. The molecule has 2 aromatic rings. The summed E-state index contributed by atoms with van der Waals surface area (Å²) in [5.74, 6) is -0.818. The van der Waals surface area contributed by atoms with Crippen molar-refractivity contribution in [2.75, 3.05) is 19.7 Å². The Bertz CT molecular complexity index is 1110. The van der Waals surface area contributed by atoms with E-state index < -0.39 is 5.97 Å². The summed E-state index contributed by atoms with van der Waals surface area (Å²) in [5.41, 5.74) is 4.44. The number of carbonyl (C=O) groups excluding carboxylic acids is 1. The van der Waals surface area contributed by atoms with Gasteiger partial charge in [-0.1, -0.05) is 73.5 Å². The number of carboxylic acids is 1. The molecule has 40 heavy (non-hydrogen) atoms. The number of amides is 1. The zero-order chi connectivity index (χ0) is 28.2. The molecule has 0 aromatic heterocycles. The van der Waals surface area contributed by atoms with Crippen LogP contribution < -0.4 is 5.32 Å². The molecule has 216 valence electrons. The third-order valence-electron chi connectivity index (χ3n) is 7.95. The van der Waals surface area contributed by atoms with Crippen LogP contribution in [-0.2, 0) is 32.2 Å². The summed E-state index contributed by atoms with van der Waals surface area (Å²) in [5, 5.41) is 11.8. The minimum atomic E-state index is -0.779.